The minimum absolute atomic E-state index is 0.00534. The van der Waals surface area contributed by atoms with Crippen LogP contribution in [0.25, 0.3) is 0 Å². The average molecular weight is 523 g/mol. The number of nitrogens with zero attached hydrogens (tertiary/aromatic N) is 4. The van der Waals surface area contributed by atoms with Gasteiger partial charge in [-0.15, -0.1) is 0 Å². The minimum atomic E-state index is -1.06. The first-order chi connectivity index (χ1) is 18.3. The van der Waals surface area contributed by atoms with Gasteiger partial charge in [-0.2, -0.15) is 0 Å². The van der Waals surface area contributed by atoms with E-state index in [9.17, 15) is 23.6 Å². The quantitative estimate of drug-likeness (QED) is 0.615. The predicted molar refractivity (Wildman–Crippen MR) is 135 cm³/mol. The van der Waals surface area contributed by atoms with Crippen molar-refractivity contribution in [2.24, 2.45) is 0 Å². The summed E-state index contributed by atoms with van der Waals surface area (Å²) in [4.78, 5) is 58.7. The number of benzene rings is 2. The van der Waals surface area contributed by atoms with E-state index in [0.717, 1.165) is 0 Å². The number of hydrogen-bond acceptors (Lipinski definition) is 5. The van der Waals surface area contributed by atoms with E-state index in [1.165, 1.54) is 25.1 Å². The number of amides is 4. The van der Waals surface area contributed by atoms with Crippen molar-refractivity contribution < 1.29 is 28.3 Å². The smallest absolute Gasteiger partial charge is 0.256 e. The summed E-state index contributed by atoms with van der Waals surface area (Å²) in [5, 5.41) is 0. The molecule has 0 bridgehead atoms. The Bertz CT molecular complexity index is 1220. The van der Waals surface area contributed by atoms with Gasteiger partial charge < -0.3 is 19.4 Å². The van der Waals surface area contributed by atoms with Crippen LogP contribution in [-0.2, 0) is 14.3 Å². The van der Waals surface area contributed by atoms with Gasteiger partial charge >= 0.3 is 0 Å². The molecular weight excluding hydrogens is 491 g/mol. The van der Waals surface area contributed by atoms with Gasteiger partial charge in [0.1, 0.15) is 17.6 Å². The third-order valence-corrected chi connectivity index (χ3v) is 7.76. The largest absolute Gasteiger partial charge is 0.353 e. The van der Waals surface area contributed by atoms with E-state index < -0.39 is 23.5 Å². The van der Waals surface area contributed by atoms with Gasteiger partial charge in [0.05, 0.1) is 12.2 Å². The maximum atomic E-state index is 14.2. The Labute approximate surface area is 220 Å². The molecule has 0 saturated carbocycles. The molecule has 38 heavy (non-hydrogen) atoms. The second kappa shape index (κ2) is 10.5. The summed E-state index contributed by atoms with van der Waals surface area (Å²) in [6.07, 6.45) is 0.599. The van der Waals surface area contributed by atoms with E-state index in [1.807, 2.05) is 6.07 Å². The number of halogens is 1. The molecule has 2 aromatic rings. The zero-order chi connectivity index (χ0) is 26.9. The third kappa shape index (κ3) is 4.76. The van der Waals surface area contributed by atoms with Gasteiger partial charge in [-0.1, -0.05) is 30.3 Å². The number of hydrogen-bond donors (Lipinski definition) is 0. The summed E-state index contributed by atoms with van der Waals surface area (Å²) in [5.41, 5.74) is -0.604. The van der Waals surface area contributed by atoms with E-state index in [1.54, 1.807) is 49.9 Å². The van der Waals surface area contributed by atoms with Gasteiger partial charge in [0, 0.05) is 64.6 Å². The topological polar surface area (TPSA) is 90.5 Å². The lowest BCUT2D eigenvalue weighted by atomic mass is 9.96. The number of likely N-dealkylation sites (tertiary alicyclic amines) is 1. The fourth-order valence-corrected chi connectivity index (χ4v) is 5.59. The highest BCUT2D eigenvalue weighted by molar-refractivity contribution is 5.98. The first-order valence-corrected chi connectivity index (χ1v) is 12.9. The Hall–Kier alpha value is -3.79. The molecule has 3 saturated heterocycles. The molecule has 0 aromatic heterocycles. The monoisotopic (exact) mass is 522 g/mol. The van der Waals surface area contributed by atoms with E-state index in [-0.39, 0.29) is 43.0 Å². The second-order valence-corrected chi connectivity index (χ2v) is 9.92. The van der Waals surface area contributed by atoms with E-state index in [4.69, 9.17) is 4.74 Å². The molecule has 10 heteroatoms. The van der Waals surface area contributed by atoms with Crippen LogP contribution in [0.4, 0.5) is 4.39 Å². The molecule has 3 aliphatic heterocycles. The van der Waals surface area contributed by atoms with Crippen molar-refractivity contribution in [1.29, 1.82) is 0 Å². The Kier molecular flexibility index (Phi) is 7.16. The summed E-state index contributed by atoms with van der Waals surface area (Å²) >= 11 is 0. The van der Waals surface area contributed by atoms with Gasteiger partial charge in [0.2, 0.25) is 11.8 Å². The van der Waals surface area contributed by atoms with Crippen LogP contribution < -0.4 is 0 Å². The van der Waals surface area contributed by atoms with E-state index >= 15 is 0 Å². The lowest BCUT2D eigenvalue weighted by Crippen LogP contribution is -2.61. The Morgan fingerprint density at radius 3 is 2.03 bits per heavy atom. The van der Waals surface area contributed by atoms with Crippen LogP contribution in [0.3, 0.4) is 0 Å². The average Bonchev–Trinajstić information content (AvgIpc) is 3.31. The van der Waals surface area contributed by atoms with E-state index in [2.05, 4.69) is 0 Å². The van der Waals surface area contributed by atoms with Crippen molar-refractivity contribution in [3.8, 4) is 0 Å². The van der Waals surface area contributed by atoms with Crippen molar-refractivity contribution in [1.82, 2.24) is 19.6 Å². The first kappa shape index (κ1) is 25.8. The zero-order valence-electron chi connectivity index (χ0n) is 21.3. The molecule has 0 N–H and O–H groups in total. The van der Waals surface area contributed by atoms with Crippen molar-refractivity contribution in [2.75, 3.05) is 45.9 Å². The molecule has 0 radical (unpaired) electrons. The molecule has 3 heterocycles. The number of carbonyl (C=O) groups excluding carboxylic acids is 4. The summed E-state index contributed by atoms with van der Waals surface area (Å²) in [6, 6.07) is 13.8. The van der Waals surface area contributed by atoms with Crippen molar-refractivity contribution in [2.45, 2.75) is 31.5 Å². The standard InChI is InChI=1S/C28H31FN4O5/c1-20(34)30-15-17-32(18-16-30)27(37)24-19-38-28(33(24)25(35)21-7-3-2-4-8-21)11-13-31(14-12-28)26(36)22-9-5-6-10-23(22)29/h2-10,24H,11-19H2,1H3. The number of rotatable bonds is 3. The minimum Gasteiger partial charge on any atom is -0.353 e. The zero-order valence-corrected chi connectivity index (χ0v) is 21.3. The SMILES string of the molecule is CC(=O)N1CCN(C(=O)C2COC3(CCN(C(=O)c4ccccc4F)CC3)N2C(=O)c2ccccc2)CC1. The fourth-order valence-electron chi connectivity index (χ4n) is 5.59. The highest BCUT2D eigenvalue weighted by Crippen LogP contribution is 2.39. The van der Waals surface area contributed by atoms with Crippen molar-refractivity contribution in [3.05, 3.63) is 71.5 Å². The summed E-state index contributed by atoms with van der Waals surface area (Å²) in [6.45, 7) is 3.73. The highest BCUT2D eigenvalue weighted by atomic mass is 19.1. The van der Waals surface area contributed by atoms with Crippen molar-refractivity contribution in [3.63, 3.8) is 0 Å². The van der Waals surface area contributed by atoms with Crippen LogP contribution in [0.2, 0.25) is 0 Å². The number of carbonyl (C=O) groups is 4. The first-order valence-electron chi connectivity index (χ1n) is 12.9. The van der Waals surface area contributed by atoms with Crippen LogP contribution in [-0.4, -0.2) is 101 Å². The molecule has 4 amide bonds. The molecule has 5 rings (SSSR count). The molecule has 1 atom stereocenters. The lowest BCUT2D eigenvalue weighted by Gasteiger charge is -2.45. The normalized spacial score (nSPS) is 21.1. The van der Waals surface area contributed by atoms with Gasteiger partial charge in [0.25, 0.3) is 11.8 Å². The predicted octanol–water partition coefficient (Wildman–Crippen LogP) is 1.99. The maximum absolute atomic E-state index is 14.2. The van der Waals surface area contributed by atoms with Crippen LogP contribution in [0.1, 0.15) is 40.5 Å². The molecule has 3 fully saturated rings. The molecule has 9 nitrogen and oxygen atoms in total. The van der Waals surface area contributed by atoms with Crippen LogP contribution in [0, 0.1) is 5.82 Å². The number of ether oxygens (including phenoxy) is 1. The number of piperidine rings is 1. The Morgan fingerprint density at radius 2 is 1.39 bits per heavy atom. The Balaban J connectivity index is 1.37. The van der Waals surface area contributed by atoms with Crippen LogP contribution in [0.5, 0.6) is 0 Å². The number of piperazine rings is 1. The van der Waals surface area contributed by atoms with Gasteiger partial charge in [-0.25, -0.2) is 4.39 Å². The Morgan fingerprint density at radius 1 is 0.789 bits per heavy atom. The highest BCUT2D eigenvalue weighted by Gasteiger charge is 2.55. The van der Waals surface area contributed by atoms with Crippen molar-refractivity contribution >= 4 is 23.6 Å². The second-order valence-electron chi connectivity index (χ2n) is 9.92. The molecule has 3 aliphatic rings. The fraction of sp³-hybridized carbons (Fsp3) is 0.429. The van der Waals surface area contributed by atoms with Crippen LogP contribution >= 0.6 is 0 Å². The lowest BCUT2D eigenvalue weighted by molar-refractivity contribution is -0.142. The maximum Gasteiger partial charge on any atom is 0.256 e. The van der Waals surface area contributed by atoms with E-state index in [0.29, 0.717) is 44.6 Å². The molecule has 1 spiro atoms. The van der Waals surface area contributed by atoms with Gasteiger partial charge in [-0.05, 0) is 24.3 Å². The molecule has 200 valence electrons. The summed E-state index contributed by atoms with van der Waals surface area (Å²) in [5.74, 6) is -1.53. The molecule has 2 aromatic carbocycles. The third-order valence-electron chi connectivity index (χ3n) is 7.76. The summed E-state index contributed by atoms with van der Waals surface area (Å²) in [7, 11) is 0. The van der Waals surface area contributed by atoms with Gasteiger partial charge in [-0.3, -0.25) is 24.1 Å². The van der Waals surface area contributed by atoms with Crippen LogP contribution in [0.15, 0.2) is 54.6 Å². The summed E-state index contributed by atoms with van der Waals surface area (Å²) < 4.78 is 20.5. The molecular formula is C28H31FN4O5. The molecule has 0 aliphatic carbocycles. The molecule has 1 unspecified atom stereocenters. The van der Waals surface area contributed by atoms with Gasteiger partial charge in [0.15, 0.2) is 0 Å².